The fraction of sp³-hybridized carbons (Fsp3) is 0.556. The Morgan fingerprint density at radius 3 is 2.44 bits per heavy atom. The zero-order valence-corrected chi connectivity index (χ0v) is 5.48. The zero-order chi connectivity index (χ0) is 6.53. The van der Waals surface area contributed by atoms with E-state index in [1.54, 1.807) is 0 Å². The minimum atomic E-state index is 0.612. The third-order valence-corrected chi connectivity index (χ3v) is 1.70. The Labute approximate surface area is 56.7 Å². The highest BCUT2D eigenvalue weighted by Gasteiger charge is 2.10. The Morgan fingerprint density at radius 2 is 1.89 bits per heavy atom. The lowest BCUT2D eigenvalue weighted by molar-refractivity contribution is 0.712. The van der Waals surface area contributed by atoms with Crippen LogP contribution < -0.4 is 0 Å². The van der Waals surface area contributed by atoms with Crippen LogP contribution in [0.4, 0.5) is 0 Å². The van der Waals surface area contributed by atoms with Crippen LogP contribution in [0.3, 0.4) is 0 Å². The summed E-state index contributed by atoms with van der Waals surface area (Å²) in [7, 11) is 0. The molecule has 0 spiro atoms. The van der Waals surface area contributed by atoms with Crippen molar-refractivity contribution in [3.8, 4) is 24.2 Å². The lowest BCUT2D eigenvalue weighted by atomic mass is 10.1. The van der Waals surface area contributed by atoms with Crippen molar-refractivity contribution >= 4 is 0 Å². The summed E-state index contributed by atoms with van der Waals surface area (Å²) in [5.41, 5.74) is 0. The van der Waals surface area contributed by atoms with Crippen molar-refractivity contribution in [1.82, 2.24) is 0 Å². The van der Waals surface area contributed by atoms with Gasteiger partial charge >= 0.3 is 0 Å². The van der Waals surface area contributed by atoms with Crippen LogP contribution >= 0.6 is 0 Å². The molecule has 0 heterocycles. The van der Waals surface area contributed by atoms with Crippen LogP contribution in [0, 0.1) is 30.1 Å². The second-order valence-corrected chi connectivity index (χ2v) is 2.40. The van der Waals surface area contributed by atoms with E-state index in [0.717, 1.165) is 0 Å². The molecule has 0 radical (unpaired) electrons. The fourth-order valence-electron chi connectivity index (χ4n) is 1.21. The number of hydrogen-bond acceptors (Lipinski definition) is 0. The van der Waals surface area contributed by atoms with Crippen LogP contribution in [-0.4, -0.2) is 0 Å². The molecule has 1 aliphatic carbocycles. The lowest BCUT2D eigenvalue weighted by Crippen LogP contribution is -1.84. The third-order valence-electron chi connectivity index (χ3n) is 1.70. The molecule has 1 aliphatic rings. The Bertz CT molecular complexity index is 166. The number of rotatable bonds is 0. The molecule has 1 saturated carbocycles. The average Bonchev–Trinajstić information content (AvgIpc) is 2.34. The second kappa shape index (κ2) is 3.21. The summed E-state index contributed by atoms with van der Waals surface area (Å²) in [5, 5.41) is 0. The predicted octanol–water partition coefficient (Wildman–Crippen LogP) is 1.81. The molecule has 0 N–H and O–H groups in total. The zero-order valence-electron chi connectivity index (χ0n) is 5.48. The van der Waals surface area contributed by atoms with Crippen molar-refractivity contribution in [2.75, 3.05) is 0 Å². The smallest absolute Gasteiger partial charge is 0.0213 e. The van der Waals surface area contributed by atoms with Gasteiger partial charge in [-0.3, -0.25) is 0 Å². The van der Waals surface area contributed by atoms with Crippen LogP contribution in [0.2, 0.25) is 0 Å². The topological polar surface area (TPSA) is 0 Å². The Balaban J connectivity index is 2.36. The van der Waals surface area contributed by atoms with Gasteiger partial charge in [0.1, 0.15) is 0 Å². The first-order valence-electron chi connectivity index (χ1n) is 3.39. The van der Waals surface area contributed by atoms with E-state index >= 15 is 0 Å². The standard InChI is InChI=1S/C9H10/c1-2-3-6-9-7-4-5-8-9/h1,9H,4-5,7-8H2. The first-order valence-corrected chi connectivity index (χ1v) is 3.39. The van der Waals surface area contributed by atoms with Crippen LogP contribution in [0.25, 0.3) is 0 Å². The minimum Gasteiger partial charge on any atom is -0.106 e. The summed E-state index contributed by atoms with van der Waals surface area (Å²) >= 11 is 0. The van der Waals surface area contributed by atoms with Crippen molar-refractivity contribution in [3.05, 3.63) is 0 Å². The molecule has 46 valence electrons. The number of terminal acetylenes is 1. The maximum Gasteiger partial charge on any atom is 0.0213 e. The molecule has 0 aromatic carbocycles. The first kappa shape index (κ1) is 6.24. The average molecular weight is 118 g/mol. The van der Waals surface area contributed by atoms with Gasteiger partial charge in [-0.15, -0.1) is 6.42 Å². The SMILES string of the molecule is C#CC#CC1CCCC1. The molecular formula is C9H10. The van der Waals surface area contributed by atoms with Crippen LogP contribution in [0.1, 0.15) is 25.7 Å². The summed E-state index contributed by atoms with van der Waals surface area (Å²) in [4.78, 5) is 0. The van der Waals surface area contributed by atoms with Crippen LogP contribution in [0.5, 0.6) is 0 Å². The predicted molar refractivity (Wildman–Crippen MR) is 38.6 cm³/mol. The van der Waals surface area contributed by atoms with Gasteiger partial charge < -0.3 is 0 Å². The van der Waals surface area contributed by atoms with Gasteiger partial charge in [-0.1, -0.05) is 18.8 Å². The normalized spacial score (nSPS) is 18.1. The van der Waals surface area contributed by atoms with Gasteiger partial charge in [-0.2, -0.15) is 0 Å². The number of hydrogen-bond donors (Lipinski definition) is 0. The molecule has 0 nitrogen and oxygen atoms in total. The van der Waals surface area contributed by atoms with Crippen molar-refractivity contribution in [1.29, 1.82) is 0 Å². The Hall–Kier alpha value is -0.880. The minimum absolute atomic E-state index is 0.612. The van der Waals surface area contributed by atoms with E-state index in [9.17, 15) is 0 Å². The highest BCUT2D eigenvalue weighted by Crippen LogP contribution is 2.23. The largest absolute Gasteiger partial charge is 0.106 e. The molecule has 0 unspecified atom stereocenters. The molecule has 1 rings (SSSR count). The quantitative estimate of drug-likeness (QED) is 0.425. The van der Waals surface area contributed by atoms with Gasteiger partial charge in [0.15, 0.2) is 0 Å². The molecule has 0 amide bonds. The second-order valence-electron chi connectivity index (χ2n) is 2.40. The summed E-state index contributed by atoms with van der Waals surface area (Å²) in [6, 6.07) is 0. The van der Waals surface area contributed by atoms with E-state index in [1.807, 2.05) is 0 Å². The van der Waals surface area contributed by atoms with Gasteiger partial charge in [0, 0.05) is 5.92 Å². The van der Waals surface area contributed by atoms with E-state index in [0.29, 0.717) is 5.92 Å². The molecule has 0 bridgehead atoms. The summed E-state index contributed by atoms with van der Waals surface area (Å²) < 4.78 is 0. The van der Waals surface area contributed by atoms with E-state index in [-0.39, 0.29) is 0 Å². The van der Waals surface area contributed by atoms with Gasteiger partial charge in [0.05, 0.1) is 0 Å². The Kier molecular flexibility index (Phi) is 2.22. The highest BCUT2D eigenvalue weighted by atomic mass is 14.1. The van der Waals surface area contributed by atoms with Crippen LogP contribution in [-0.2, 0) is 0 Å². The van der Waals surface area contributed by atoms with Gasteiger partial charge in [0.2, 0.25) is 0 Å². The molecule has 0 aromatic heterocycles. The molecule has 0 aromatic rings. The summed E-state index contributed by atoms with van der Waals surface area (Å²) in [6.07, 6.45) is 10.2. The van der Waals surface area contributed by atoms with Crippen molar-refractivity contribution in [2.24, 2.45) is 5.92 Å². The third kappa shape index (κ3) is 1.82. The molecule has 9 heavy (non-hydrogen) atoms. The van der Waals surface area contributed by atoms with E-state index < -0.39 is 0 Å². The molecular weight excluding hydrogens is 108 g/mol. The molecule has 1 fully saturated rings. The highest BCUT2D eigenvalue weighted by molar-refractivity contribution is 5.23. The van der Waals surface area contributed by atoms with Crippen LogP contribution in [0.15, 0.2) is 0 Å². The van der Waals surface area contributed by atoms with Gasteiger partial charge in [-0.05, 0) is 24.7 Å². The maximum atomic E-state index is 4.98. The maximum absolute atomic E-state index is 4.98. The lowest BCUT2D eigenvalue weighted by Gasteiger charge is -1.92. The fourth-order valence-corrected chi connectivity index (χ4v) is 1.21. The van der Waals surface area contributed by atoms with Gasteiger partial charge in [-0.25, -0.2) is 0 Å². The summed E-state index contributed by atoms with van der Waals surface area (Å²) in [6.45, 7) is 0. The van der Waals surface area contributed by atoms with Crippen molar-refractivity contribution in [2.45, 2.75) is 25.7 Å². The Morgan fingerprint density at radius 1 is 1.22 bits per heavy atom. The van der Waals surface area contributed by atoms with E-state index in [2.05, 4.69) is 17.8 Å². The van der Waals surface area contributed by atoms with E-state index in [1.165, 1.54) is 25.7 Å². The van der Waals surface area contributed by atoms with Crippen molar-refractivity contribution in [3.63, 3.8) is 0 Å². The summed E-state index contributed by atoms with van der Waals surface area (Å²) in [5.74, 6) is 8.66. The molecule has 0 heteroatoms. The first-order chi connectivity index (χ1) is 4.43. The van der Waals surface area contributed by atoms with E-state index in [4.69, 9.17) is 6.42 Å². The molecule has 0 saturated heterocycles. The molecule has 0 atom stereocenters. The monoisotopic (exact) mass is 118 g/mol. The molecule has 0 aliphatic heterocycles. The van der Waals surface area contributed by atoms with Gasteiger partial charge in [0.25, 0.3) is 0 Å². The van der Waals surface area contributed by atoms with Crippen molar-refractivity contribution < 1.29 is 0 Å².